The molecule has 6 heteroatoms. The molecule has 0 aliphatic heterocycles. The van der Waals surface area contributed by atoms with Crippen molar-refractivity contribution in [2.45, 2.75) is 26.9 Å². The van der Waals surface area contributed by atoms with Gasteiger partial charge in [0, 0.05) is 31.9 Å². The smallest absolute Gasteiger partial charge is 0.197 e. The molecule has 0 atom stereocenters. The normalized spacial score (nSPS) is 12.4. The van der Waals surface area contributed by atoms with Crippen molar-refractivity contribution in [3.05, 3.63) is 61.2 Å². The molecule has 0 aliphatic rings. The zero-order valence-electron chi connectivity index (χ0n) is 15.5. The van der Waals surface area contributed by atoms with Crippen molar-refractivity contribution in [2.75, 3.05) is 0 Å². The Morgan fingerprint density at radius 2 is 1.92 bits per heavy atom. The van der Waals surface area contributed by atoms with E-state index in [2.05, 4.69) is 31.9 Å². The summed E-state index contributed by atoms with van der Waals surface area (Å²) in [6.45, 7) is 3.10. The maximum Gasteiger partial charge on any atom is 0.197 e. The maximum absolute atomic E-state index is 13.3. The number of fused-ring (bicyclic) bond motifs is 1. The Kier molecular flexibility index (Phi) is 4.33. The maximum atomic E-state index is 13.3. The lowest BCUT2D eigenvalue weighted by atomic mass is 9.98. The summed E-state index contributed by atoms with van der Waals surface area (Å²) in [4.78, 5) is 13.3. The number of rotatable bonds is 4. The fourth-order valence-corrected chi connectivity index (χ4v) is 3.79. The third-order valence-corrected chi connectivity index (χ3v) is 5.67. The third kappa shape index (κ3) is 3.14. The number of carbonyl (C=O) groups excluding carboxylic acids is 1. The quantitative estimate of drug-likeness (QED) is 0.511. The molecule has 0 amide bonds. The molecule has 1 aromatic heterocycles. The molecule has 1 heterocycles. The summed E-state index contributed by atoms with van der Waals surface area (Å²) < 4.78 is 23.7. The van der Waals surface area contributed by atoms with E-state index in [1.54, 1.807) is 19.1 Å². The van der Waals surface area contributed by atoms with Crippen molar-refractivity contribution in [1.29, 1.82) is 0 Å². The van der Waals surface area contributed by atoms with Crippen LogP contribution in [0.4, 0.5) is 0 Å². The number of aryl methyl sites for hydroxylation is 1. The highest BCUT2D eigenvalue weighted by molar-refractivity contribution is 9.11. The van der Waals surface area contributed by atoms with E-state index < -0.39 is 12.4 Å². The lowest BCUT2D eigenvalue weighted by Gasteiger charge is -2.07. The SMILES string of the molecule is [2H]c1c(CO)c(O)c([2H])c2c(C(=O)c3cc(Br)c(C)c(Br)c3)c(CC)oc12. The van der Waals surface area contributed by atoms with Crippen LogP contribution < -0.4 is 0 Å². The van der Waals surface area contributed by atoms with Crippen molar-refractivity contribution in [1.82, 2.24) is 0 Å². The number of aliphatic hydroxyl groups is 1. The third-order valence-electron chi connectivity index (χ3n) is 4.02. The van der Waals surface area contributed by atoms with Crippen LogP contribution in [-0.4, -0.2) is 16.0 Å². The summed E-state index contributed by atoms with van der Waals surface area (Å²) in [5.74, 6) is -0.547. The average molecular weight is 470 g/mol. The zero-order valence-corrected chi connectivity index (χ0v) is 16.7. The van der Waals surface area contributed by atoms with Gasteiger partial charge in [0.15, 0.2) is 5.78 Å². The number of hydrogen-bond acceptors (Lipinski definition) is 4. The Morgan fingerprint density at radius 3 is 2.48 bits per heavy atom. The first-order valence-corrected chi connectivity index (χ1v) is 9.19. The summed E-state index contributed by atoms with van der Waals surface area (Å²) in [6.07, 6.45) is 0.373. The van der Waals surface area contributed by atoms with Gasteiger partial charge in [0.2, 0.25) is 0 Å². The first-order valence-electron chi connectivity index (χ1n) is 8.60. The molecule has 130 valence electrons. The number of carbonyl (C=O) groups is 1. The van der Waals surface area contributed by atoms with Crippen LogP contribution in [0.25, 0.3) is 11.0 Å². The molecule has 0 radical (unpaired) electrons. The predicted molar refractivity (Wildman–Crippen MR) is 103 cm³/mol. The van der Waals surface area contributed by atoms with Gasteiger partial charge in [-0.3, -0.25) is 4.79 Å². The van der Waals surface area contributed by atoms with Crippen molar-refractivity contribution in [3.63, 3.8) is 0 Å². The van der Waals surface area contributed by atoms with E-state index in [0.717, 1.165) is 14.5 Å². The molecule has 0 saturated heterocycles. The van der Waals surface area contributed by atoms with Crippen molar-refractivity contribution in [2.24, 2.45) is 0 Å². The van der Waals surface area contributed by atoms with Gasteiger partial charge in [0.05, 0.1) is 14.9 Å². The van der Waals surface area contributed by atoms with E-state index in [0.29, 0.717) is 17.7 Å². The van der Waals surface area contributed by atoms with E-state index >= 15 is 0 Å². The van der Waals surface area contributed by atoms with Crippen LogP contribution in [0.1, 0.15) is 42.5 Å². The Labute approximate surface area is 164 Å². The molecule has 0 saturated carbocycles. The summed E-state index contributed by atoms with van der Waals surface area (Å²) >= 11 is 6.86. The summed E-state index contributed by atoms with van der Waals surface area (Å²) in [5, 5.41) is 19.7. The van der Waals surface area contributed by atoms with E-state index in [4.69, 9.17) is 7.16 Å². The summed E-state index contributed by atoms with van der Waals surface area (Å²) in [7, 11) is 0. The minimum atomic E-state index is -0.601. The number of hydrogen-bond donors (Lipinski definition) is 2. The Hall–Kier alpha value is -1.63. The number of aromatic hydroxyl groups is 1. The van der Waals surface area contributed by atoms with E-state index in [9.17, 15) is 15.0 Å². The van der Waals surface area contributed by atoms with Crippen LogP contribution in [0.3, 0.4) is 0 Å². The molecule has 0 aliphatic carbocycles. The standard InChI is InChI=1S/C19H16Br2O4/c1-3-16-18(12-7-15(23)11(8-22)6-17(12)25-16)19(24)10-4-13(20)9(2)14(21)5-10/h4-7,22-23H,3,8H2,1-2H3/i6D,7D. The number of aliphatic hydroxyl groups excluding tert-OH is 1. The summed E-state index contributed by atoms with van der Waals surface area (Å²) in [6, 6.07) is 2.82. The van der Waals surface area contributed by atoms with Gasteiger partial charge >= 0.3 is 0 Å². The second kappa shape index (κ2) is 6.94. The highest BCUT2D eigenvalue weighted by Crippen LogP contribution is 2.35. The van der Waals surface area contributed by atoms with Gasteiger partial charge in [0.1, 0.15) is 17.1 Å². The molecule has 2 N–H and O–H groups in total. The number of benzene rings is 2. The lowest BCUT2D eigenvalue weighted by Crippen LogP contribution is -2.04. The molecule has 0 fully saturated rings. The first-order chi connectivity index (χ1) is 12.7. The van der Waals surface area contributed by atoms with Crippen LogP contribution >= 0.6 is 31.9 Å². The molecule has 0 unspecified atom stereocenters. The van der Waals surface area contributed by atoms with Gasteiger partial charge in [-0.25, -0.2) is 0 Å². The predicted octanol–water partition coefficient (Wildman–Crippen LogP) is 5.26. The van der Waals surface area contributed by atoms with E-state index in [-0.39, 0.29) is 40.0 Å². The Bertz CT molecular complexity index is 1070. The van der Waals surface area contributed by atoms with Gasteiger partial charge in [-0.15, -0.1) is 0 Å². The minimum absolute atomic E-state index is 0.0206. The molecule has 25 heavy (non-hydrogen) atoms. The average Bonchev–Trinajstić information content (AvgIpc) is 3.03. The van der Waals surface area contributed by atoms with Crippen molar-refractivity contribution < 1.29 is 22.2 Å². The van der Waals surface area contributed by atoms with Gasteiger partial charge in [0.25, 0.3) is 0 Å². The Morgan fingerprint density at radius 1 is 1.28 bits per heavy atom. The molecule has 3 aromatic rings. The number of furan rings is 1. The lowest BCUT2D eigenvalue weighted by molar-refractivity contribution is 0.103. The van der Waals surface area contributed by atoms with E-state index in [1.165, 1.54) is 0 Å². The van der Waals surface area contributed by atoms with Crippen LogP contribution in [0.2, 0.25) is 0 Å². The summed E-state index contributed by atoms with van der Waals surface area (Å²) in [5.41, 5.74) is 1.41. The monoisotopic (exact) mass is 468 g/mol. The number of phenols is 1. The second-order valence-corrected chi connectivity index (χ2v) is 7.30. The highest BCUT2D eigenvalue weighted by atomic mass is 79.9. The van der Waals surface area contributed by atoms with Gasteiger partial charge in [-0.1, -0.05) is 38.8 Å². The van der Waals surface area contributed by atoms with Crippen molar-refractivity contribution >= 4 is 48.6 Å². The highest BCUT2D eigenvalue weighted by Gasteiger charge is 2.23. The minimum Gasteiger partial charge on any atom is -0.508 e. The molecule has 4 nitrogen and oxygen atoms in total. The zero-order chi connectivity index (χ0) is 20.0. The van der Waals surface area contributed by atoms with Crippen LogP contribution in [0, 0.1) is 6.92 Å². The second-order valence-electron chi connectivity index (χ2n) is 5.59. The largest absolute Gasteiger partial charge is 0.508 e. The van der Waals surface area contributed by atoms with Gasteiger partial charge in [-0.05, 0) is 36.7 Å². The Balaban J connectivity index is 2.36. The molecule has 0 spiro atoms. The molecular formula is C19H16Br2O4. The first kappa shape index (κ1) is 15.6. The van der Waals surface area contributed by atoms with Gasteiger partial charge in [-0.2, -0.15) is 0 Å². The number of ketones is 1. The van der Waals surface area contributed by atoms with Crippen LogP contribution in [0.15, 0.2) is 37.6 Å². The van der Waals surface area contributed by atoms with Crippen molar-refractivity contribution in [3.8, 4) is 5.75 Å². The van der Waals surface area contributed by atoms with Crippen LogP contribution in [-0.2, 0) is 13.0 Å². The molecule has 3 rings (SSSR count). The molecule has 2 aromatic carbocycles. The van der Waals surface area contributed by atoms with E-state index in [1.807, 2.05) is 6.92 Å². The molecular weight excluding hydrogens is 452 g/mol. The molecule has 0 bridgehead atoms. The topological polar surface area (TPSA) is 70.7 Å². The van der Waals surface area contributed by atoms with Crippen LogP contribution in [0.5, 0.6) is 5.75 Å². The number of halogens is 2. The fourth-order valence-electron chi connectivity index (χ4n) is 2.60. The van der Waals surface area contributed by atoms with Gasteiger partial charge < -0.3 is 14.6 Å². The fraction of sp³-hybridized carbons (Fsp3) is 0.211.